The van der Waals surface area contributed by atoms with E-state index in [-0.39, 0.29) is 17.7 Å². The number of Topliss-reactive ketones (excluding diaryl/α,β-unsaturated/α-hetero) is 1. The molecule has 1 aliphatic heterocycles. The molecule has 0 spiro atoms. The summed E-state index contributed by atoms with van der Waals surface area (Å²) in [6, 6.07) is 24.8. The number of carbonyl (C=O) groups excluding carboxylic acids is 2. The highest BCUT2D eigenvalue weighted by molar-refractivity contribution is 6.23. The normalized spacial score (nSPS) is 28.1. The molecule has 1 saturated heterocycles. The highest BCUT2D eigenvalue weighted by Crippen LogP contribution is 2.69. The van der Waals surface area contributed by atoms with Crippen LogP contribution in [0.25, 0.3) is 5.57 Å². The molecule has 3 aromatic carbocycles. The predicted molar refractivity (Wildman–Crippen MR) is 147 cm³/mol. The minimum absolute atomic E-state index is 0.0868. The van der Waals surface area contributed by atoms with Gasteiger partial charge in [-0.15, -0.1) is 0 Å². The fourth-order valence-electron chi connectivity index (χ4n) is 7.91. The van der Waals surface area contributed by atoms with Gasteiger partial charge >= 0.3 is 5.97 Å². The van der Waals surface area contributed by atoms with Gasteiger partial charge in [-0.25, -0.2) is 0 Å². The number of nitrogens with one attached hydrogen (secondary N) is 1. The number of methoxy groups -OCH3 is 2. The Labute approximate surface area is 228 Å². The summed E-state index contributed by atoms with van der Waals surface area (Å²) in [4.78, 5) is 28.3. The van der Waals surface area contributed by atoms with Gasteiger partial charge in [0.1, 0.15) is 5.75 Å². The van der Waals surface area contributed by atoms with Crippen molar-refractivity contribution in [2.45, 2.75) is 30.2 Å². The highest BCUT2D eigenvalue weighted by atomic mass is 16.5. The Bertz CT molecular complexity index is 1540. The minimum Gasteiger partial charge on any atom is -0.496 e. The van der Waals surface area contributed by atoms with E-state index in [2.05, 4.69) is 30.1 Å². The third-order valence-electron chi connectivity index (χ3n) is 9.41. The predicted octanol–water partition coefficient (Wildman–Crippen LogP) is 4.77. The van der Waals surface area contributed by atoms with Crippen molar-refractivity contribution in [1.29, 1.82) is 5.26 Å². The number of hydrogen-bond donors (Lipinski definition) is 1. The fraction of sp³-hybridized carbons (Fsp3) is 0.303. The minimum atomic E-state index is -0.934. The number of rotatable bonds is 6. The molecular formula is C33H30N2O4. The van der Waals surface area contributed by atoms with E-state index in [0.717, 1.165) is 29.5 Å². The summed E-state index contributed by atoms with van der Waals surface area (Å²) in [5.74, 6) is -0.386. The third kappa shape index (κ3) is 3.30. The second kappa shape index (κ2) is 9.21. The van der Waals surface area contributed by atoms with Crippen LogP contribution in [0.2, 0.25) is 0 Å². The quantitative estimate of drug-likeness (QED) is 0.374. The van der Waals surface area contributed by atoms with Crippen LogP contribution in [0.1, 0.15) is 46.6 Å². The van der Waals surface area contributed by atoms with Crippen molar-refractivity contribution in [3.05, 3.63) is 107 Å². The number of esters is 1. The first-order chi connectivity index (χ1) is 18.9. The zero-order valence-electron chi connectivity index (χ0n) is 22.1. The molecular weight excluding hydrogens is 488 g/mol. The molecule has 3 aliphatic carbocycles. The summed E-state index contributed by atoms with van der Waals surface area (Å²) < 4.78 is 11.0. The van der Waals surface area contributed by atoms with E-state index in [1.165, 1.54) is 7.11 Å². The Morgan fingerprint density at radius 3 is 2.46 bits per heavy atom. The molecule has 2 bridgehead atoms. The molecule has 1 heterocycles. The smallest absolute Gasteiger partial charge is 0.314 e. The second-order valence-corrected chi connectivity index (χ2v) is 10.8. The van der Waals surface area contributed by atoms with Crippen LogP contribution in [0.15, 0.2) is 79.4 Å². The van der Waals surface area contributed by atoms with Crippen LogP contribution < -0.4 is 10.1 Å². The fourth-order valence-corrected chi connectivity index (χ4v) is 7.91. The number of benzene rings is 3. The monoisotopic (exact) mass is 518 g/mol. The van der Waals surface area contributed by atoms with Gasteiger partial charge in [-0.3, -0.25) is 9.59 Å². The Morgan fingerprint density at radius 1 is 1.03 bits per heavy atom. The third-order valence-corrected chi connectivity index (χ3v) is 9.41. The van der Waals surface area contributed by atoms with Gasteiger partial charge in [-0.2, -0.15) is 5.26 Å². The van der Waals surface area contributed by atoms with Crippen LogP contribution in [0, 0.1) is 22.7 Å². The van der Waals surface area contributed by atoms with Gasteiger partial charge in [-0.1, -0.05) is 61.2 Å². The van der Waals surface area contributed by atoms with Gasteiger partial charge in [0.15, 0.2) is 5.78 Å². The first-order valence-corrected chi connectivity index (χ1v) is 13.2. The second-order valence-electron chi connectivity index (χ2n) is 10.8. The number of fused-ring (bicyclic) bond motifs is 1. The van der Waals surface area contributed by atoms with Crippen LogP contribution in [-0.2, 0) is 19.7 Å². The van der Waals surface area contributed by atoms with Gasteiger partial charge in [0.05, 0.1) is 37.3 Å². The zero-order chi connectivity index (χ0) is 27.4. The molecule has 3 aromatic rings. The Morgan fingerprint density at radius 2 is 1.74 bits per heavy atom. The molecule has 39 heavy (non-hydrogen) atoms. The molecule has 0 amide bonds. The number of ether oxygens (including phenoxy) is 2. The summed E-state index contributed by atoms with van der Waals surface area (Å²) in [7, 11) is 3.00. The maximum atomic E-state index is 14.4. The van der Waals surface area contributed by atoms with Crippen LogP contribution >= 0.6 is 0 Å². The van der Waals surface area contributed by atoms with E-state index < -0.39 is 22.8 Å². The van der Waals surface area contributed by atoms with Gasteiger partial charge in [0, 0.05) is 34.9 Å². The summed E-state index contributed by atoms with van der Waals surface area (Å²) >= 11 is 0. The molecule has 0 aromatic heterocycles. The van der Waals surface area contributed by atoms with Crippen LogP contribution in [0.4, 0.5) is 0 Å². The van der Waals surface area contributed by atoms with E-state index in [9.17, 15) is 14.9 Å². The molecule has 2 fully saturated rings. The lowest BCUT2D eigenvalue weighted by molar-refractivity contribution is -0.162. The standard InChI is InChI=1S/C33H30N2O4/c1-20(23-8-5-7-11-27(23)38-2)29(36)28-30-32(22-14-12-21(18-34)13-15-22)17-16-26(24-9-4-6-10-25(24)32)33(30,19-35-28)31(37)39-3/h4-15,26,28,30,35H,1,16-17,19H2,2-3H3. The molecule has 4 aliphatic rings. The SMILES string of the molecule is C=C(C(=O)C1NCC2(C(=O)OC)C3CCC(c4ccc(C#N)cc4)(c4ccccc43)C12)c1ccccc1OC. The summed E-state index contributed by atoms with van der Waals surface area (Å²) in [6.07, 6.45) is 1.56. The molecule has 1 N–H and O–H groups in total. The van der Waals surface area contributed by atoms with E-state index >= 15 is 0 Å². The molecule has 1 saturated carbocycles. The molecule has 6 nitrogen and oxygen atoms in total. The molecule has 7 rings (SSSR count). The number of ketones is 1. The van der Waals surface area contributed by atoms with E-state index in [4.69, 9.17) is 9.47 Å². The van der Waals surface area contributed by atoms with E-state index in [1.54, 1.807) is 7.11 Å². The van der Waals surface area contributed by atoms with E-state index in [0.29, 0.717) is 29.0 Å². The average molecular weight is 519 g/mol. The lowest BCUT2D eigenvalue weighted by atomic mass is 9.40. The Balaban J connectivity index is 1.58. The van der Waals surface area contributed by atoms with Crippen molar-refractivity contribution >= 4 is 17.3 Å². The molecule has 0 radical (unpaired) electrons. The molecule has 196 valence electrons. The van der Waals surface area contributed by atoms with Crippen molar-refractivity contribution in [3.8, 4) is 11.8 Å². The number of hydrogen-bond acceptors (Lipinski definition) is 6. The van der Waals surface area contributed by atoms with Crippen molar-refractivity contribution in [1.82, 2.24) is 5.32 Å². The van der Waals surface area contributed by atoms with Crippen LogP contribution in [0.3, 0.4) is 0 Å². The van der Waals surface area contributed by atoms with Crippen molar-refractivity contribution in [3.63, 3.8) is 0 Å². The van der Waals surface area contributed by atoms with Crippen LogP contribution in [-0.4, -0.2) is 38.6 Å². The largest absolute Gasteiger partial charge is 0.496 e. The van der Waals surface area contributed by atoms with Crippen molar-refractivity contribution in [2.24, 2.45) is 11.3 Å². The summed E-state index contributed by atoms with van der Waals surface area (Å²) in [5.41, 5.74) is 3.23. The number of para-hydroxylation sites is 1. The zero-order valence-corrected chi connectivity index (χ0v) is 22.1. The maximum absolute atomic E-state index is 14.4. The van der Waals surface area contributed by atoms with Gasteiger partial charge in [-0.05, 0) is 47.7 Å². The summed E-state index contributed by atoms with van der Waals surface area (Å²) in [6.45, 7) is 4.54. The van der Waals surface area contributed by atoms with Gasteiger partial charge in [0.25, 0.3) is 0 Å². The van der Waals surface area contributed by atoms with Crippen LogP contribution in [0.5, 0.6) is 5.75 Å². The lowest BCUT2D eigenvalue weighted by Crippen LogP contribution is -2.62. The summed E-state index contributed by atoms with van der Waals surface area (Å²) in [5, 5.41) is 13.0. The molecule has 6 heteroatoms. The number of nitrogens with zero attached hydrogens (tertiary/aromatic N) is 1. The lowest BCUT2D eigenvalue weighted by Gasteiger charge is -2.60. The first kappa shape index (κ1) is 25.1. The van der Waals surface area contributed by atoms with Gasteiger partial charge in [0.2, 0.25) is 0 Å². The maximum Gasteiger partial charge on any atom is 0.314 e. The highest BCUT2D eigenvalue weighted by Gasteiger charge is 2.72. The topological polar surface area (TPSA) is 88.4 Å². The average Bonchev–Trinajstić information content (AvgIpc) is 3.43. The van der Waals surface area contributed by atoms with Gasteiger partial charge < -0.3 is 14.8 Å². The van der Waals surface area contributed by atoms with E-state index in [1.807, 2.05) is 60.7 Å². The number of nitriles is 1. The van der Waals surface area contributed by atoms with Crippen molar-refractivity contribution < 1.29 is 19.1 Å². The Hall–Kier alpha value is -4.21. The molecule has 5 unspecified atom stereocenters. The molecule has 5 atom stereocenters. The van der Waals surface area contributed by atoms with Crippen molar-refractivity contribution in [2.75, 3.05) is 20.8 Å². The Kier molecular flexibility index (Phi) is 5.93. The number of carbonyl (C=O) groups is 2. The first-order valence-electron chi connectivity index (χ1n) is 13.2.